The zero-order chi connectivity index (χ0) is 17.9. The first-order valence-corrected chi connectivity index (χ1v) is 9.98. The average Bonchev–Trinajstić information content (AvgIpc) is 3.13. The van der Waals surface area contributed by atoms with E-state index in [0.717, 1.165) is 18.4 Å². The van der Waals surface area contributed by atoms with Crippen molar-refractivity contribution in [1.82, 2.24) is 0 Å². The second-order valence-corrected chi connectivity index (χ2v) is 7.16. The summed E-state index contributed by atoms with van der Waals surface area (Å²) in [4.78, 5) is 25.1. The van der Waals surface area contributed by atoms with Crippen molar-refractivity contribution in [3.8, 4) is 0 Å². The Kier molecular flexibility index (Phi) is 8.33. The van der Waals surface area contributed by atoms with Crippen LogP contribution < -0.4 is 0 Å². The van der Waals surface area contributed by atoms with Crippen molar-refractivity contribution in [1.29, 1.82) is 0 Å². The summed E-state index contributed by atoms with van der Waals surface area (Å²) in [7, 11) is 0. The number of Topliss-reactive ketones (excluding diaryl/α,β-unsaturated/α-hetero) is 1. The van der Waals surface area contributed by atoms with Crippen molar-refractivity contribution >= 4 is 29.0 Å². The Hall–Kier alpha value is -2.00. The number of hydrogen-bond donors (Lipinski definition) is 0. The van der Waals surface area contributed by atoms with E-state index in [1.54, 1.807) is 18.2 Å². The van der Waals surface area contributed by atoms with Gasteiger partial charge in [-0.1, -0.05) is 75.4 Å². The molecule has 132 valence electrons. The quantitative estimate of drug-likeness (QED) is 0.259. The van der Waals surface area contributed by atoms with Crippen molar-refractivity contribution in [3.05, 3.63) is 63.9 Å². The van der Waals surface area contributed by atoms with Crippen LogP contribution in [-0.2, 0) is 0 Å². The maximum Gasteiger partial charge on any atom is 0.195 e. The predicted octanol–water partition coefficient (Wildman–Crippen LogP) is 6.58. The number of unbranched alkanes of at least 4 members (excludes halogenated alkanes) is 5. The van der Waals surface area contributed by atoms with Gasteiger partial charge >= 0.3 is 0 Å². The van der Waals surface area contributed by atoms with Crippen molar-refractivity contribution in [2.45, 2.75) is 51.9 Å². The maximum atomic E-state index is 12.2. The Morgan fingerprint density at radius 3 is 2.48 bits per heavy atom. The van der Waals surface area contributed by atoms with E-state index in [9.17, 15) is 9.59 Å². The molecule has 0 fully saturated rings. The lowest BCUT2D eigenvalue weighted by atomic mass is 10.0. The molecule has 2 aromatic rings. The van der Waals surface area contributed by atoms with Gasteiger partial charge < -0.3 is 0 Å². The van der Waals surface area contributed by atoms with Crippen LogP contribution in [-0.4, -0.2) is 11.6 Å². The molecule has 0 aliphatic heterocycles. The molecule has 0 radical (unpaired) electrons. The Morgan fingerprint density at radius 1 is 1.00 bits per heavy atom. The molecule has 25 heavy (non-hydrogen) atoms. The van der Waals surface area contributed by atoms with E-state index in [1.165, 1.54) is 37.0 Å². The number of allylic oxidation sites excluding steroid dienone is 1. The normalized spacial score (nSPS) is 11.1. The van der Waals surface area contributed by atoms with Gasteiger partial charge in [-0.3, -0.25) is 9.59 Å². The standard InChI is InChI=1S/C22H26O2S/c1-2-3-4-5-6-10-13-20(23)19-16-22(25-17-19)21(24)15-14-18-11-8-7-9-12-18/h7-9,11-12,14-17H,2-6,10,13H2,1H3. The maximum absolute atomic E-state index is 12.2. The molecule has 0 bridgehead atoms. The minimum atomic E-state index is -0.0486. The monoisotopic (exact) mass is 354 g/mol. The molecule has 1 aromatic carbocycles. The highest BCUT2D eigenvalue weighted by Crippen LogP contribution is 2.19. The SMILES string of the molecule is CCCCCCCCC(=O)c1csc(C(=O)C=Cc2ccccc2)c1. The molecular weight excluding hydrogens is 328 g/mol. The molecule has 0 saturated heterocycles. The van der Waals surface area contributed by atoms with Crippen LogP contribution >= 0.6 is 11.3 Å². The largest absolute Gasteiger partial charge is 0.294 e. The van der Waals surface area contributed by atoms with E-state index in [-0.39, 0.29) is 11.6 Å². The van der Waals surface area contributed by atoms with Crippen LogP contribution in [0.4, 0.5) is 0 Å². The van der Waals surface area contributed by atoms with Gasteiger partial charge in [-0.05, 0) is 24.1 Å². The topological polar surface area (TPSA) is 34.1 Å². The molecular formula is C22H26O2S. The van der Waals surface area contributed by atoms with Gasteiger partial charge in [-0.15, -0.1) is 11.3 Å². The molecule has 0 amide bonds. The summed E-state index contributed by atoms with van der Waals surface area (Å²) in [5.41, 5.74) is 1.67. The van der Waals surface area contributed by atoms with E-state index >= 15 is 0 Å². The van der Waals surface area contributed by atoms with E-state index < -0.39 is 0 Å². The predicted molar refractivity (Wildman–Crippen MR) is 106 cm³/mol. The number of benzene rings is 1. The molecule has 0 aliphatic carbocycles. The highest BCUT2D eigenvalue weighted by atomic mass is 32.1. The minimum absolute atomic E-state index is 0.0486. The highest BCUT2D eigenvalue weighted by molar-refractivity contribution is 7.12. The van der Waals surface area contributed by atoms with Gasteiger partial charge in [0.15, 0.2) is 11.6 Å². The lowest BCUT2D eigenvalue weighted by Crippen LogP contribution is -1.97. The lowest BCUT2D eigenvalue weighted by molar-refractivity contribution is 0.0979. The Morgan fingerprint density at radius 2 is 1.72 bits per heavy atom. The molecule has 0 aliphatic rings. The average molecular weight is 355 g/mol. The van der Waals surface area contributed by atoms with Gasteiger partial charge in [-0.2, -0.15) is 0 Å². The fourth-order valence-corrected chi connectivity index (χ4v) is 3.47. The van der Waals surface area contributed by atoms with Crippen molar-refractivity contribution in [3.63, 3.8) is 0 Å². The number of carbonyl (C=O) groups is 2. The van der Waals surface area contributed by atoms with E-state index in [4.69, 9.17) is 0 Å². The van der Waals surface area contributed by atoms with Gasteiger partial charge in [0.25, 0.3) is 0 Å². The third kappa shape index (κ3) is 6.79. The summed E-state index contributed by atoms with van der Waals surface area (Å²) in [6.07, 6.45) is 11.0. The van der Waals surface area contributed by atoms with Crippen LogP contribution in [0.1, 0.15) is 77.5 Å². The summed E-state index contributed by atoms with van der Waals surface area (Å²) < 4.78 is 0. The highest BCUT2D eigenvalue weighted by Gasteiger charge is 2.11. The fourth-order valence-electron chi connectivity index (χ4n) is 2.64. The smallest absolute Gasteiger partial charge is 0.195 e. The van der Waals surface area contributed by atoms with Crippen LogP contribution in [0.3, 0.4) is 0 Å². The molecule has 0 unspecified atom stereocenters. The van der Waals surface area contributed by atoms with Crippen LogP contribution in [0.5, 0.6) is 0 Å². The van der Waals surface area contributed by atoms with Gasteiger partial charge in [0, 0.05) is 17.4 Å². The Bertz CT molecular complexity index is 698. The number of thiophene rings is 1. The fraction of sp³-hybridized carbons (Fsp3) is 0.364. The van der Waals surface area contributed by atoms with Gasteiger partial charge in [-0.25, -0.2) is 0 Å². The summed E-state index contributed by atoms with van der Waals surface area (Å²) in [6, 6.07) is 11.5. The summed E-state index contributed by atoms with van der Waals surface area (Å²) in [5, 5.41) is 1.81. The zero-order valence-corrected chi connectivity index (χ0v) is 15.7. The molecule has 2 rings (SSSR count). The molecule has 0 atom stereocenters. The number of hydrogen-bond acceptors (Lipinski definition) is 3. The number of rotatable bonds is 11. The van der Waals surface area contributed by atoms with Crippen molar-refractivity contribution in [2.24, 2.45) is 0 Å². The van der Waals surface area contributed by atoms with Gasteiger partial charge in [0.05, 0.1) is 4.88 Å². The molecule has 0 N–H and O–H groups in total. The summed E-state index contributed by atoms with van der Waals surface area (Å²) in [6.45, 7) is 2.20. The van der Waals surface area contributed by atoms with Crippen LogP contribution in [0.2, 0.25) is 0 Å². The molecule has 1 aromatic heterocycles. The molecule has 0 saturated carbocycles. The minimum Gasteiger partial charge on any atom is -0.294 e. The zero-order valence-electron chi connectivity index (χ0n) is 14.9. The summed E-state index contributed by atoms with van der Waals surface area (Å²) >= 11 is 1.35. The molecule has 0 spiro atoms. The van der Waals surface area contributed by atoms with Crippen molar-refractivity contribution < 1.29 is 9.59 Å². The lowest BCUT2D eigenvalue weighted by Gasteiger charge is -1.99. The van der Waals surface area contributed by atoms with Crippen LogP contribution in [0.25, 0.3) is 6.08 Å². The first-order valence-electron chi connectivity index (χ1n) is 9.10. The van der Waals surface area contributed by atoms with Gasteiger partial charge in [0.1, 0.15) is 0 Å². The molecule has 2 nitrogen and oxygen atoms in total. The van der Waals surface area contributed by atoms with Crippen LogP contribution in [0, 0.1) is 0 Å². The first-order chi connectivity index (χ1) is 12.2. The number of carbonyl (C=O) groups excluding carboxylic acids is 2. The van der Waals surface area contributed by atoms with Crippen LogP contribution in [0.15, 0.2) is 47.9 Å². The van der Waals surface area contributed by atoms with E-state index in [1.807, 2.05) is 35.7 Å². The van der Waals surface area contributed by atoms with E-state index in [2.05, 4.69) is 6.92 Å². The third-order valence-corrected chi connectivity index (χ3v) is 5.09. The van der Waals surface area contributed by atoms with Gasteiger partial charge in [0.2, 0.25) is 0 Å². The van der Waals surface area contributed by atoms with E-state index in [0.29, 0.717) is 16.9 Å². The Balaban J connectivity index is 1.81. The molecule has 3 heteroatoms. The third-order valence-electron chi connectivity index (χ3n) is 4.15. The second-order valence-electron chi connectivity index (χ2n) is 6.25. The number of ketones is 2. The first kappa shape index (κ1) is 19.3. The summed E-state index contributed by atoms with van der Waals surface area (Å²) in [5.74, 6) is 0.102. The second kappa shape index (κ2) is 10.8. The van der Waals surface area contributed by atoms with Crippen molar-refractivity contribution in [2.75, 3.05) is 0 Å². The molecule has 1 heterocycles. The Labute approximate surface area is 154 Å².